The number of hydrogen-bond donors (Lipinski definition) is 1. The molecule has 0 aliphatic rings. The van der Waals surface area contributed by atoms with Crippen LogP contribution in [0.3, 0.4) is 0 Å². The van der Waals surface area contributed by atoms with Crippen LogP contribution in [0.25, 0.3) is 0 Å². The first-order chi connectivity index (χ1) is 11.9. The molecule has 0 spiro atoms. The van der Waals surface area contributed by atoms with E-state index in [2.05, 4.69) is 15.3 Å². The summed E-state index contributed by atoms with van der Waals surface area (Å²) in [6.07, 6.45) is 0. The topological polar surface area (TPSA) is 82.6 Å². The van der Waals surface area contributed by atoms with Gasteiger partial charge in [-0.2, -0.15) is 9.97 Å². The largest absolute Gasteiger partial charge is 0.481 e. The SMILES string of the molecule is COc1cc(OC)nc(Oc2ccccc2C(=O)NC(C)C(C)C)n1. The second kappa shape index (κ2) is 8.32. The molecule has 1 amide bonds. The van der Waals surface area contributed by atoms with Crippen LogP contribution < -0.4 is 19.5 Å². The summed E-state index contributed by atoms with van der Waals surface area (Å²) in [5.41, 5.74) is 0.403. The average Bonchev–Trinajstić information content (AvgIpc) is 2.61. The summed E-state index contributed by atoms with van der Waals surface area (Å²) in [7, 11) is 2.97. The van der Waals surface area contributed by atoms with Crippen molar-refractivity contribution < 1.29 is 19.0 Å². The lowest BCUT2D eigenvalue weighted by molar-refractivity contribution is 0.0928. The van der Waals surface area contributed by atoms with E-state index in [0.29, 0.717) is 29.0 Å². The Hall–Kier alpha value is -2.83. The van der Waals surface area contributed by atoms with E-state index in [9.17, 15) is 4.79 Å². The molecule has 0 bridgehead atoms. The van der Waals surface area contributed by atoms with Crippen LogP contribution in [0, 0.1) is 5.92 Å². The van der Waals surface area contributed by atoms with Gasteiger partial charge in [0.25, 0.3) is 5.91 Å². The quantitative estimate of drug-likeness (QED) is 0.830. The van der Waals surface area contributed by atoms with Crippen molar-refractivity contribution in [2.24, 2.45) is 5.92 Å². The van der Waals surface area contributed by atoms with Crippen molar-refractivity contribution in [1.29, 1.82) is 0 Å². The van der Waals surface area contributed by atoms with E-state index in [0.717, 1.165) is 0 Å². The minimum absolute atomic E-state index is 0.0355. The van der Waals surface area contributed by atoms with Gasteiger partial charge in [-0.25, -0.2) is 0 Å². The first-order valence-corrected chi connectivity index (χ1v) is 7.99. The fourth-order valence-electron chi connectivity index (χ4n) is 1.93. The summed E-state index contributed by atoms with van der Waals surface area (Å²) < 4.78 is 15.9. The first-order valence-electron chi connectivity index (χ1n) is 7.99. The first kappa shape index (κ1) is 18.5. The van der Waals surface area contributed by atoms with Crippen LogP contribution in [0.4, 0.5) is 0 Å². The molecule has 1 atom stereocenters. The molecular weight excluding hydrogens is 322 g/mol. The maximum absolute atomic E-state index is 12.5. The summed E-state index contributed by atoms with van der Waals surface area (Å²) in [6, 6.07) is 8.53. The van der Waals surface area contributed by atoms with Crippen molar-refractivity contribution in [1.82, 2.24) is 15.3 Å². The van der Waals surface area contributed by atoms with E-state index >= 15 is 0 Å². The van der Waals surface area contributed by atoms with Crippen molar-refractivity contribution in [3.05, 3.63) is 35.9 Å². The summed E-state index contributed by atoms with van der Waals surface area (Å²) in [4.78, 5) is 20.8. The number of nitrogens with zero attached hydrogens (tertiary/aromatic N) is 2. The molecule has 134 valence electrons. The highest BCUT2D eigenvalue weighted by Crippen LogP contribution is 2.26. The van der Waals surface area contributed by atoms with Gasteiger partial charge >= 0.3 is 6.01 Å². The standard InChI is InChI=1S/C18H23N3O4/c1-11(2)12(3)19-17(22)13-8-6-7-9-14(13)25-18-20-15(23-4)10-16(21-18)24-5/h6-12H,1-5H3,(H,19,22). The molecule has 1 aromatic heterocycles. The minimum atomic E-state index is -0.216. The predicted octanol–water partition coefficient (Wildman–Crippen LogP) is 3.06. The normalized spacial score (nSPS) is 11.8. The van der Waals surface area contributed by atoms with E-state index in [1.54, 1.807) is 24.3 Å². The van der Waals surface area contributed by atoms with E-state index in [1.165, 1.54) is 20.3 Å². The summed E-state index contributed by atoms with van der Waals surface area (Å²) in [5.74, 6) is 1.07. The zero-order valence-electron chi connectivity index (χ0n) is 15.1. The number of benzene rings is 1. The summed E-state index contributed by atoms with van der Waals surface area (Å²) in [5, 5.41) is 2.96. The Bertz CT molecular complexity index is 712. The third kappa shape index (κ3) is 4.82. The second-order valence-corrected chi connectivity index (χ2v) is 5.84. The number of nitrogens with one attached hydrogen (secondary N) is 1. The highest BCUT2D eigenvalue weighted by molar-refractivity contribution is 5.97. The molecule has 2 rings (SSSR count). The number of aromatic nitrogens is 2. The van der Waals surface area contributed by atoms with E-state index < -0.39 is 0 Å². The zero-order chi connectivity index (χ0) is 18.4. The molecule has 0 aliphatic heterocycles. The van der Waals surface area contributed by atoms with Crippen LogP contribution in [0.5, 0.6) is 23.5 Å². The van der Waals surface area contributed by atoms with Gasteiger partial charge in [-0.05, 0) is 25.0 Å². The molecule has 0 fully saturated rings. The third-order valence-electron chi connectivity index (χ3n) is 3.77. The van der Waals surface area contributed by atoms with Gasteiger partial charge in [0.2, 0.25) is 11.8 Å². The Morgan fingerprint density at radius 3 is 2.20 bits per heavy atom. The molecule has 0 radical (unpaired) electrons. The van der Waals surface area contributed by atoms with Crippen molar-refractivity contribution in [3.63, 3.8) is 0 Å². The molecule has 1 unspecified atom stereocenters. The Morgan fingerprint density at radius 1 is 1.04 bits per heavy atom. The Kier molecular flexibility index (Phi) is 6.16. The van der Waals surface area contributed by atoms with Gasteiger partial charge in [-0.3, -0.25) is 4.79 Å². The number of para-hydroxylation sites is 1. The maximum atomic E-state index is 12.5. The number of carbonyl (C=O) groups is 1. The average molecular weight is 345 g/mol. The molecule has 1 heterocycles. The Morgan fingerprint density at radius 2 is 1.64 bits per heavy atom. The van der Waals surface area contributed by atoms with Crippen LogP contribution in [0.15, 0.2) is 30.3 Å². The van der Waals surface area contributed by atoms with Gasteiger partial charge in [0.1, 0.15) is 5.75 Å². The molecule has 0 saturated heterocycles. The third-order valence-corrected chi connectivity index (χ3v) is 3.77. The molecule has 1 aromatic carbocycles. The fourth-order valence-corrected chi connectivity index (χ4v) is 1.93. The van der Waals surface area contributed by atoms with Gasteiger partial charge in [0.15, 0.2) is 0 Å². The summed E-state index contributed by atoms with van der Waals surface area (Å²) in [6.45, 7) is 6.05. The number of ether oxygens (including phenoxy) is 3. The number of methoxy groups -OCH3 is 2. The molecule has 0 saturated carbocycles. The molecule has 7 nitrogen and oxygen atoms in total. The van der Waals surface area contributed by atoms with Gasteiger partial charge in [0.05, 0.1) is 25.8 Å². The lowest BCUT2D eigenvalue weighted by atomic mass is 10.1. The minimum Gasteiger partial charge on any atom is -0.481 e. The second-order valence-electron chi connectivity index (χ2n) is 5.84. The van der Waals surface area contributed by atoms with Crippen LogP contribution in [-0.4, -0.2) is 36.1 Å². The van der Waals surface area contributed by atoms with E-state index in [1.807, 2.05) is 20.8 Å². The lowest BCUT2D eigenvalue weighted by Gasteiger charge is -2.18. The highest BCUT2D eigenvalue weighted by atomic mass is 16.5. The highest BCUT2D eigenvalue weighted by Gasteiger charge is 2.18. The molecular formula is C18H23N3O4. The van der Waals surface area contributed by atoms with Crippen molar-refractivity contribution >= 4 is 5.91 Å². The van der Waals surface area contributed by atoms with Gasteiger partial charge in [-0.15, -0.1) is 0 Å². The molecule has 7 heteroatoms. The van der Waals surface area contributed by atoms with Gasteiger partial charge < -0.3 is 19.5 Å². The lowest BCUT2D eigenvalue weighted by Crippen LogP contribution is -2.36. The molecule has 0 aliphatic carbocycles. The van der Waals surface area contributed by atoms with Crippen LogP contribution in [0.2, 0.25) is 0 Å². The van der Waals surface area contributed by atoms with Gasteiger partial charge in [0, 0.05) is 6.04 Å². The van der Waals surface area contributed by atoms with Gasteiger partial charge in [-0.1, -0.05) is 26.0 Å². The predicted molar refractivity (Wildman–Crippen MR) is 93.4 cm³/mol. The van der Waals surface area contributed by atoms with E-state index in [-0.39, 0.29) is 18.0 Å². The summed E-state index contributed by atoms with van der Waals surface area (Å²) >= 11 is 0. The maximum Gasteiger partial charge on any atom is 0.328 e. The fraction of sp³-hybridized carbons (Fsp3) is 0.389. The number of hydrogen-bond acceptors (Lipinski definition) is 6. The Balaban J connectivity index is 2.28. The zero-order valence-corrected chi connectivity index (χ0v) is 15.1. The smallest absolute Gasteiger partial charge is 0.328 e. The molecule has 2 aromatic rings. The number of amides is 1. The molecule has 1 N–H and O–H groups in total. The van der Waals surface area contributed by atoms with Crippen molar-refractivity contribution in [3.8, 4) is 23.5 Å². The van der Waals surface area contributed by atoms with Crippen molar-refractivity contribution in [2.45, 2.75) is 26.8 Å². The van der Waals surface area contributed by atoms with E-state index in [4.69, 9.17) is 14.2 Å². The number of rotatable bonds is 7. The Labute approximate surface area is 147 Å². The van der Waals surface area contributed by atoms with Crippen LogP contribution in [-0.2, 0) is 0 Å². The monoisotopic (exact) mass is 345 g/mol. The molecule has 25 heavy (non-hydrogen) atoms. The number of carbonyl (C=O) groups excluding carboxylic acids is 1. The van der Waals surface area contributed by atoms with Crippen molar-refractivity contribution in [2.75, 3.05) is 14.2 Å². The van der Waals surface area contributed by atoms with Crippen LogP contribution >= 0.6 is 0 Å². The van der Waals surface area contributed by atoms with Crippen LogP contribution in [0.1, 0.15) is 31.1 Å².